The van der Waals surface area contributed by atoms with E-state index in [1.54, 1.807) is 30.5 Å². The van der Waals surface area contributed by atoms with Crippen LogP contribution in [0.3, 0.4) is 0 Å². The second-order valence-electron chi connectivity index (χ2n) is 7.94. The van der Waals surface area contributed by atoms with Crippen molar-refractivity contribution < 1.29 is 18.3 Å². The number of nitrogens with zero attached hydrogens (tertiary/aromatic N) is 3. The molecule has 5 rings (SSSR count). The van der Waals surface area contributed by atoms with Crippen LogP contribution in [0.15, 0.2) is 66.9 Å². The second-order valence-corrected chi connectivity index (χ2v) is 7.94. The highest BCUT2D eigenvalue weighted by atomic mass is 19.1. The van der Waals surface area contributed by atoms with Gasteiger partial charge in [-0.1, -0.05) is 6.07 Å². The van der Waals surface area contributed by atoms with Gasteiger partial charge in [0.1, 0.15) is 29.0 Å². The van der Waals surface area contributed by atoms with Gasteiger partial charge in [0.15, 0.2) is 0 Å². The largest absolute Gasteiger partial charge is 0.457 e. The van der Waals surface area contributed by atoms with E-state index in [2.05, 4.69) is 20.5 Å². The standard InChI is InChI=1S/C25H21F2N5O2/c26-16-4-3-5-18(10-16)29-25(33)30-19-11-17(27)12-21(13-19)34-20-6-7-22-23(14-20)31-24(15-28-22)32-8-1-2-9-32/h3-7,10-15H,1-2,8-9H2,(H2,29,30,33). The Balaban J connectivity index is 1.32. The van der Waals surface area contributed by atoms with E-state index in [0.717, 1.165) is 43.3 Å². The van der Waals surface area contributed by atoms with Crippen LogP contribution in [0.25, 0.3) is 11.0 Å². The number of aromatic nitrogens is 2. The topological polar surface area (TPSA) is 79.4 Å². The number of nitrogens with one attached hydrogen (secondary N) is 2. The minimum atomic E-state index is -0.641. The highest BCUT2D eigenvalue weighted by Crippen LogP contribution is 2.29. The first-order valence-corrected chi connectivity index (χ1v) is 10.9. The third-order valence-corrected chi connectivity index (χ3v) is 5.38. The lowest BCUT2D eigenvalue weighted by molar-refractivity contribution is 0.262. The average Bonchev–Trinajstić information content (AvgIpc) is 3.33. The molecular formula is C25H21F2N5O2. The lowest BCUT2D eigenvalue weighted by Gasteiger charge is -2.16. The molecule has 4 aromatic rings. The molecule has 1 aliphatic heterocycles. The number of amides is 2. The van der Waals surface area contributed by atoms with E-state index >= 15 is 0 Å². The van der Waals surface area contributed by atoms with Crippen molar-refractivity contribution in [2.45, 2.75) is 12.8 Å². The van der Waals surface area contributed by atoms with E-state index < -0.39 is 17.7 Å². The van der Waals surface area contributed by atoms with E-state index in [0.29, 0.717) is 11.3 Å². The molecule has 0 bridgehead atoms. The third-order valence-electron chi connectivity index (χ3n) is 5.38. The number of urea groups is 1. The zero-order chi connectivity index (χ0) is 23.5. The van der Waals surface area contributed by atoms with Gasteiger partial charge in [0.25, 0.3) is 0 Å². The number of hydrogen-bond acceptors (Lipinski definition) is 5. The summed E-state index contributed by atoms with van der Waals surface area (Å²) >= 11 is 0. The molecule has 0 spiro atoms. The smallest absolute Gasteiger partial charge is 0.323 e. The molecule has 7 nitrogen and oxygen atoms in total. The molecule has 1 saturated heterocycles. The number of anilines is 3. The molecule has 34 heavy (non-hydrogen) atoms. The average molecular weight is 461 g/mol. The SMILES string of the molecule is O=C(Nc1cccc(F)c1)Nc1cc(F)cc(Oc2ccc3ncc(N4CCCC4)nc3c2)c1. The molecule has 0 aliphatic carbocycles. The number of benzene rings is 3. The lowest BCUT2D eigenvalue weighted by Crippen LogP contribution is -2.19. The zero-order valence-corrected chi connectivity index (χ0v) is 18.1. The molecule has 1 aromatic heterocycles. The minimum Gasteiger partial charge on any atom is -0.457 e. The molecular weight excluding hydrogens is 440 g/mol. The van der Waals surface area contributed by atoms with Crippen LogP contribution in [0.1, 0.15) is 12.8 Å². The molecule has 172 valence electrons. The number of carbonyl (C=O) groups excluding carboxylic acids is 1. The lowest BCUT2D eigenvalue weighted by atomic mass is 10.2. The van der Waals surface area contributed by atoms with Crippen LogP contribution in [-0.2, 0) is 0 Å². The number of halogens is 2. The summed E-state index contributed by atoms with van der Waals surface area (Å²) in [5.41, 5.74) is 1.86. The van der Waals surface area contributed by atoms with Gasteiger partial charge in [-0.05, 0) is 49.2 Å². The summed E-state index contributed by atoms with van der Waals surface area (Å²) in [5.74, 6) is 0.413. The molecule has 0 saturated carbocycles. The fourth-order valence-corrected chi connectivity index (χ4v) is 3.83. The molecule has 0 atom stereocenters. The molecule has 2 amide bonds. The molecule has 2 heterocycles. The fraction of sp³-hybridized carbons (Fsp3) is 0.160. The summed E-state index contributed by atoms with van der Waals surface area (Å²) in [5, 5.41) is 5.02. The van der Waals surface area contributed by atoms with Crippen molar-refractivity contribution >= 4 is 34.3 Å². The van der Waals surface area contributed by atoms with Gasteiger partial charge in [0, 0.05) is 42.7 Å². The number of ether oxygens (including phenoxy) is 1. The maximum atomic E-state index is 14.2. The Morgan fingerprint density at radius 2 is 1.65 bits per heavy atom. The van der Waals surface area contributed by atoms with Crippen molar-refractivity contribution in [1.29, 1.82) is 0 Å². The van der Waals surface area contributed by atoms with Gasteiger partial charge in [-0.2, -0.15) is 0 Å². The monoisotopic (exact) mass is 461 g/mol. The molecule has 1 aliphatic rings. The summed E-state index contributed by atoms with van der Waals surface area (Å²) in [4.78, 5) is 23.6. The Bertz CT molecular complexity index is 1360. The van der Waals surface area contributed by atoms with E-state index in [1.165, 1.54) is 30.3 Å². The highest BCUT2D eigenvalue weighted by Gasteiger charge is 2.15. The number of carbonyl (C=O) groups is 1. The predicted molar refractivity (Wildman–Crippen MR) is 127 cm³/mol. The van der Waals surface area contributed by atoms with E-state index in [9.17, 15) is 13.6 Å². The van der Waals surface area contributed by atoms with Crippen molar-refractivity contribution in [1.82, 2.24) is 9.97 Å². The van der Waals surface area contributed by atoms with Gasteiger partial charge in [-0.3, -0.25) is 4.98 Å². The normalized spacial score (nSPS) is 13.2. The Morgan fingerprint density at radius 1 is 0.853 bits per heavy atom. The highest BCUT2D eigenvalue weighted by molar-refractivity contribution is 5.99. The van der Waals surface area contributed by atoms with Crippen LogP contribution >= 0.6 is 0 Å². The number of hydrogen-bond donors (Lipinski definition) is 2. The van der Waals surface area contributed by atoms with Crippen molar-refractivity contribution in [2.24, 2.45) is 0 Å². The molecule has 9 heteroatoms. The molecule has 0 unspecified atom stereocenters. The first-order chi connectivity index (χ1) is 16.5. The first kappa shape index (κ1) is 21.6. The van der Waals surface area contributed by atoms with E-state index in [1.807, 2.05) is 0 Å². The van der Waals surface area contributed by atoms with Crippen LogP contribution < -0.4 is 20.3 Å². The number of fused-ring (bicyclic) bond motifs is 1. The molecule has 0 radical (unpaired) electrons. The second kappa shape index (κ2) is 9.30. The van der Waals surface area contributed by atoms with Crippen LogP contribution in [0, 0.1) is 11.6 Å². The van der Waals surface area contributed by atoms with Crippen LogP contribution in [0.2, 0.25) is 0 Å². The van der Waals surface area contributed by atoms with Gasteiger partial charge < -0.3 is 20.3 Å². The summed E-state index contributed by atoms with van der Waals surface area (Å²) in [6.07, 6.45) is 4.05. The van der Waals surface area contributed by atoms with Crippen molar-refractivity contribution in [2.75, 3.05) is 28.6 Å². The van der Waals surface area contributed by atoms with E-state index in [-0.39, 0.29) is 17.1 Å². The Labute approximate surface area is 194 Å². The zero-order valence-electron chi connectivity index (χ0n) is 18.1. The summed E-state index contributed by atoms with van der Waals surface area (Å²) < 4.78 is 33.4. The van der Waals surface area contributed by atoms with Gasteiger partial charge in [0.05, 0.1) is 17.2 Å². The van der Waals surface area contributed by atoms with Crippen molar-refractivity contribution in [3.63, 3.8) is 0 Å². The summed E-state index contributed by atoms with van der Waals surface area (Å²) in [6, 6.07) is 13.9. The van der Waals surface area contributed by atoms with Gasteiger partial charge in [-0.15, -0.1) is 0 Å². The minimum absolute atomic E-state index is 0.181. The first-order valence-electron chi connectivity index (χ1n) is 10.9. The number of rotatable bonds is 5. The van der Waals surface area contributed by atoms with Gasteiger partial charge >= 0.3 is 6.03 Å². The Kier molecular flexibility index (Phi) is 5.90. The fourth-order valence-electron chi connectivity index (χ4n) is 3.83. The molecule has 2 N–H and O–H groups in total. The third kappa shape index (κ3) is 5.03. The predicted octanol–water partition coefficient (Wildman–Crippen LogP) is 5.94. The van der Waals surface area contributed by atoms with Gasteiger partial charge in [-0.25, -0.2) is 18.6 Å². The van der Waals surface area contributed by atoms with Crippen LogP contribution in [0.5, 0.6) is 11.5 Å². The summed E-state index contributed by atoms with van der Waals surface area (Å²) in [6.45, 7) is 1.92. The van der Waals surface area contributed by atoms with Gasteiger partial charge in [0.2, 0.25) is 0 Å². The summed E-state index contributed by atoms with van der Waals surface area (Å²) in [7, 11) is 0. The van der Waals surface area contributed by atoms with Crippen LogP contribution in [0.4, 0.5) is 30.8 Å². The Hall–Kier alpha value is -4.27. The quantitative estimate of drug-likeness (QED) is 0.384. The maximum Gasteiger partial charge on any atom is 0.323 e. The molecule has 1 fully saturated rings. The van der Waals surface area contributed by atoms with Crippen molar-refractivity contribution in [3.8, 4) is 11.5 Å². The van der Waals surface area contributed by atoms with E-state index in [4.69, 9.17) is 9.72 Å². The van der Waals surface area contributed by atoms with Crippen molar-refractivity contribution in [3.05, 3.63) is 78.5 Å². The van der Waals surface area contributed by atoms with Crippen LogP contribution in [-0.4, -0.2) is 29.1 Å². The maximum absolute atomic E-state index is 14.2. The Morgan fingerprint density at radius 3 is 2.47 bits per heavy atom. The molecule has 3 aromatic carbocycles.